The van der Waals surface area contributed by atoms with E-state index in [1.54, 1.807) is 26.0 Å². The van der Waals surface area contributed by atoms with Crippen molar-refractivity contribution in [2.75, 3.05) is 24.7 Å². The zero-order valence-corrected chi connectivity index (χ0v) is 19.2. The Morgan fingerprint density at radius 1 is 1.26 bits per heavy atom. The van der Waals surface area contributed by atoms with Crippen LogP contribution in [0.25, 0.3) is 0 Å². The molecule has 1 saturated carbocycles. The summed E-state index contributed by atoms with van der Waals surface area (Å²) in [6, 6.07) is 7.31. The van der Waals surface area contributed by atoms with Crippen LogP contribution >= 0.6 is 0 Å². The van der Waals surface area contributed by atoms with Gasteiger partial charge in [-0.2, -0.15) is 0 Å². The van der Waals surface area contributed by atoms with Gasteiger partial charge in [-0.1, -0.05) is 30.7 Å². The van der Waals surface area contributed by atoms with Gasteiger partial charge in [0.2, 0.25) is 0 Å². The second-order valence-corrected chi connectivity index (χ2v) is 11.0. The predicted molar refractivity (Wildman–Crippen MR) is 118 cm³/mol. The molecule has 0 bridgehead atoms. The van der Waals surface area contributed by atoms with Gasteiger partial charge >= 0.3 is 11.9 Å². The third-order valence-electron chi connectivity index (χ3n) is 6.23. The van der Waals surface area contributed by atoms with Gasteiger partial charge in [0, 0.05) is 6.42 Å². The maximum Gasteiger partial charge on any atom is 0.313 e. The predicted octanol–water partition coefficient (Wildman–Crippen LogP) is 2.88. The van der Waals surface area contributed by atoms with E-state index in [-0.39, 0.29) is 35.9 Å². The van der Waals surface area contributed by atoms with Gasteiger partial charge in [-0.15, -0.1) is 0 Å². The second kappa shape index (κ2) is 10.6. The molecule has 0 aliphatic heterocycles. The number of carbonyl (C=O) groups excluding carboxylic acids is 1. The van der Waals surface area contributed by atoms with Crippen molar-refractivity contribution in [3.05, 3.63) is 35.4 Å². The van der Waals surface area contributed by atoms with Crippen LogP contribution in [0, 0.1) is 5.41 Å². The molecule has 1 atom stereocenters. The number of benzene rings is 1. The smallest absolute Gasteiger partial charge is 0.313 e. The fraction of sp³-hybridized carbons (Fsp3) is 0.652. The van der Waals surface area contributed by atoms with E-state index in [0.717, 1.165) is 18.4 Å². The van der Waals surface area contributed by atoms with Crippen molar-refractivity contribution in [1.29, 1.82) is 0 Å². The average molecular weight is 455 g/mol. The lowest BCUT2D eigenvalue weighted by Crippen LogP contribution is -2.33. The fourth-order valence-electron chi connectivity index (χ4n) is 4.06. The number of aryl methyl sites for hydroxylation is 1. The Labute approximate surface area is 184 Å². The van der Waals surface area contributed by atoms with Gasteiger partial charge in [0.05, 0.1) is 30.1 Å². The molecule has 0 spiro atoms. The average Bonchev–Trinajstić information content (AvgIpc) is 3.44. The number of carboxylic acids is 1. The molecular formula is C23H34O7S. The van der Waals surface area contributed by atoms with Gasteiger partial charge in [-0.3, -0.25) is 9.59 Å². The Balaban J connectivity index is 2.03. The molecule has 1 fully saturated rings. The Morgan fingerprint density at radius 3 is 2.55 bits per heavy atom. The van der Waals surface area contributed by atoms with E-state index < -0.39 is 21.2 Å². The number of sulfone groups is 1. The Kier molecular flexibility index (Phi) is 8.65. The summed E-state index contributed by atoms with van der Waals surface area (Å²) >= 11 is 0. The van der Waals surface area contributed by atoms with Crippen molar-refractivity contribution in [2.24, 2.45) is 5.41 Å². The molecule has 8 heteroatoms. The van der Waals surface area contributed by atoms with Crippen molar-refractivity contribution in [2.45, 2.75) is 64.2 Å². The van der Waals surface area contributed by atoms with Crippen LogP contribution in [0.3, 0.4) is 0 Å². The highest BCUT2D eigenvalue weighted by molar-refractivity contribution is 7.91. The minimum atomic E-state index is -3.29. The minimum Gasteiger partial charge on any atom is -0.481 e. The van der Waals surface area contributed by atoms with Crippen LogP contribution in [0.15, 0.2) is 24.3 Å². The Bertz CT molecular complexity index is 874. The lowest BCUT2D eigenvalue weighted by atomic mass is 9.77. The van der Waals surface area contributed by atoms with E-state index in [0.29, 0.717) is 37.9 Å². The number of hydrogen-bond donors (Lipinski definition) is 2. The molecule has 0 aromatic heterocycles. The highest BCUT2D eigenvalue weighted by Gasteiger charge is 2.46. The van der Waals surface area contributed by atoms with Crippen molar-refractivity contribution in [3.8, 4) is 0 Å². The first-order valence-electron chi connectivity index (χ1n) is 10.9. The van der Waals surface area contributed by atoms with Crippen LogP contribution in [0.5, 0.6) is 0 Å². The molecule has 7 nitrogen and oxygen atoms in total. The van der Waals surface area contributed by atoms with E-state index in [1.165, 1.54) is 0 Å². The third-order valence-corrected chi connectivity index (χ3v) is 8.09. The number of rotatable bonds is 14. The largest absolute Gasteiger partial charge is 0.481 e. The summed E-state index contributed by atoms with van der Waals surface area (Å²) in [5, 5.41) is 18.9. The summed E-state index contributed by atoms with van der Waals surface area (Å²) in [5.74, 6) is -1.36. The molecule has 0 amide bonds. The standard InChI is InChI=1S/C23H34O7S/c1-3-30-20(25)9-8-18-6-4-7-19(16-18)22(2,21(26)27)10-5-11-23(12-13-23)17-31(28,29)15-14-24/h4,6-7,16,24H,3,5,8-15,17H2,1-2H3,(H,26,27). The molecule has 1 aliphatic rings. The van der Waals surface area contributed by atoms with Crippen molar-refractivity contribution in [3.63, 3.8) is 0 Å². The van der Waals surface area contributed by atoms with Gasteiger partial charge in [0.1, 0.15) is 0 Å². The van der Waals surface area contributed by atoms with E-state index in [1.807, 2.05) is 12.1 Å². The van der Waals surface area contributed by atoms with Gasteiger partial charge in [0.15, 0.2) is 9.84 Å². The van der Waals surface area contributed by atoms with Crippen LogP contribution in [0.2, 0.25) is 0 Å². The first-order chi connectivity index (χ1) is 14.6. The Hall–Kier alpha value is -1.93. The highest BCUT2D eigenvalue weighted by atomic mass is 32.2. The van der Waals surface area contributed by atoms with E-state index >= 15 is 0 Å². The number of aliphatic hydroxyl groups excluding tert-OH is 1. The maximum atomic E-state index is 12.2. The van der Waals surface area contributed by atoms with Gasteiger partial charge in [-0.05, 0) is 62.5 Å². The number of hydrogen-bond acceptors (Lipinski definition) is 6. The monoisotopic (exact) mass is 454 g/mol. The van der Waals surface area contributed by atoms with Crippen molar-refractivity contribution < 1.29 is 33.0 Å². The summed E-state index contributed by atoms with van der Waals surface area (Å²) < 4.78 is 29.1. The molecule has 2 rings (SSSR count). The number of ether oxygens (including phenoxy) is 1. The molecule has 2 N–H and O–H groups in total. The highest BCUT2D eigenvalue weighted by Crippen LogP contribution is 2.51. The molecule has 0 saturated heterocycles. The van der Waals surface area contributed by atoms with E-state index in [2.05, 4.69) is 0 Å². The number of carbonyl (C=O) groups is 2. The molecular weight excluding hydrogens is 420 g/mol. The molecule has 1 aromatic carbocycles. The number of aliphatic carboxylic acids is 1. The fourth-order valence-corrected chi connectivity index (χ4v) is 5.85. The van der Waals surface area contributed by atoms with Crippen LogP contribution in [-0.4, -0.2) is 55.3 Å². The summed E-state index contributed by atoms with van der Waals surface area (Å²) in [5.41, 5.74) is 0.195. The minimum absolute atomic E-state index is 0.0632. The third kappa shape index (κ3) is 7.31. The Morgan fingerprint density at radius 2 is 1.97 bits per heavy atom. The summed E-state index contributed by atoms with van der Waals surface area (Å²) in [4.78, 5) is 23.8. The van der Waals surface area contributed by atoms with Gasteiger partial charge in [-0.25, -0.2) is 8.42 Å². The quantitative estimate of drug-likeness (QED) is 0.415. The number of aliphatic hydroxyl groups is 1. The lowest BCUT2D eigenvalue weighted by molar-refractivity contribution is -0.144. The van der Waals surface area contributed by atoms with Crippen molar-refractivity contribution >= 4 is 21.8 Å². The van der Waals surface area contributed by atoms with Crippen LogP contribution in [-0.2, 0) is 36.0 Å². The number of esters is 1. The van der Waals surface area contributed by atoms with Gasteiger partial charge < -0.3 is 14.9 Å². The normalized spacial score (nSPS) is 17.0. The lowest BCUT2D eigenvalue weighted by Gasteiger charge is -2.27. The van der Waals surface area contributed by atoms with Gasteiger partial charge in [0.25, 0.3) is 0 Å². The maximum absolute atomic E-state index is 12.2. The first kappa shape index (κ1) is 25.3. The molecule has 1 aliphatic carbocycles. The van der Waals surface area contributed by atoms with Crippen LogP contribution in [0.1, 0.15) is 63.5 Å². The van der Waals surface area contributed by atoms with E-state index in [9.17, 15) is 23.1 Å². The first-order valence-corrected chi connectivity index (χ1v) is 12.7. The summed E-state index contributed by atoms with van der Waals surface area (Å²) in [7, 11) is -3.29. The van der Waals surface area contributed by atoms with Crippen molar-refractivity contribution in [1.82, 2.24) is 0 Å². The van der Waals surface area contributed by atoms with Crippen LogP contribution < -0.4 is 0 Å². The molecule has 0 radical (unpaired) electrons. The molecule has 174 valence electrons. The zero-order chi connectivity index (χ0) is 23.1. The summed E-state index contributed by atoms with van der Waals surface area (Å²) in [6.45, 7) is 3.41. The topological polar surface area (TPSA) is 118 Å². The second-order valence-electron chi connectivity index (χ2n) is 8.81. The molecule has 1 unspecified atom stereocenters. The molecule has 31 heavy (non-hydrogen) atoms. The number of carboxylic acid groups (broad SMARTS) is 1. The van der Waals surface area contributed by atoms with Crippen LogP contribution in [0.4, 0.5) is 0 Å². The van der Waals surface area contributed by atoms with E-state index in [4.69, 9.17) is 9.84 Å². The summed E-state index contributed by atoms with van der Waals surface area (Å²) in [6.07, 6.45) is 4.02. The SMILES string of the molecule is CCOC(=O)CCc1cccc(C(C)(CCCC2(CS(=O)(=O)CCO)CC2)C(=O)O)c1. The zero-order valence-electron chi connectivity index (χ0n) is 18.4. The molecule has 0 heterocycles. The molecule has 1 aromatic rings.